The van der Waals surface area contributed by atoms with E-state index in [-0.39, 0.29) is 10.9 Å². The van der Waals surface area contributed by atoms with Crippen molar-refractivity contribution in [3.63, 3.8) is 0 Å². The molecule has 1 atom stereocenters. The van der Waals surface area contributed by atoms with Crippen LogP contribution in [0.5, 0.6) is 0 Å². The van der Waals surface area contributed by atoms with E-state index in [1.807, 2.05) is 6.92 Å². The van der Waals surface area contributed by atoms with Crippen LogP contribution in [0.3, 0.4) is 0 Å². The molecular weight excluding hydrogens is 433 g/mol. The van der Waals surface area contributed by atoms with E-state index in [1.54, 1.807) is 24.3 Å². The average molecular weight is 450 g/mol. The number of nitrogens with one attached hydrogen (secondary N) is 2. The van der Waals surface area contributed by atoms with Crippen molar-refractivity contribution in [1.29, 1.82) is 0 Å². The Morgan fingerprint density at radius 1 is 1.19 bits per heavy atom. The number of aromatic amines is 1. The Hall–Kier alpha value is -3.85. The van der Waals surface area contributed by atoms with Crippen LogP contribution >= 0.6 is 11.6 Å². The molecule has 0 saturated carbocycles. The Morgan fingerprint density at radius 2 is 2.06 bits per heavy atom. The van der Waals surface area contributed by atoms with Gasteiger partial charge < -0.3 is 10.3 Å². The molecule has 0 amide bonds. The highest BCUT2D eigenvalue weighted by molar-refractivity contribution is 6.30. The molecule has 0 saturated heterocycles. The van der Waals surface area contributed by atoms with E-state index in [0.29, 0.717) is 45.5 Å². The standard InChI is InChI=1S/C22H17ClFN7O/c1-2-16(29-20-18-19(26-10-25-18)27-11-28-20)21-30-17-7-6-13(24)9-15(17)22(32)31(21)14-5-3-4-12(23)8-14/h3-11,16H,2H2,1H3,(H2,25,26,27,28,29)/t16-/m0/s1. The van der Waals surface area contributed by atoms with Crippen molar-refractivity contribution in [2.24, 2.45) is 0 Å². The molecule has 5 rings (SSSR count). The maximum atomic E-state index is 13.9. The molecule has 3 aromatic heterocycles. The summed E-state index contributed by atoms with van der Waals surface area (Å²) in [4.78, 5) is 33.9. The summed E-state index contributed by atoms with van der Waals surface area (Å²) in [5.41, 5.74) is 1.71. The second-order valence-corrected chi connectivity index (χ2v) is 7.62. The zero-order valence-corrected chi connectivity index (χ0v) is 17.6. The molecule has 0 bridgehead atoms. The van der Waals surface area contributed by atoms with Gasteiger partial charge in [-0.15, -0.1) is 0 Å². The summed E-state index contributed by atoms with van der Waals surface area (Å²) in [6, 6.07) is 10.5. The van der Waals surface area contributed by atoms with Gasteiger partial charge in [0.05, 0.1) is 29.0 Å². The summed E-state index contributed by atoms with van der Waals surface area (Å²) < 4.78 is 15.4. The third-order valence-corrected chi connectivity index (χ3v) is 5.41. The Morgan fingerprint density at radius 3 is 2.88 bits per heavy atom. The quantitative estimate of drug-likeness (QED) is 0.412. The minimum absolute atomic E-state index is 0.182. The van der Waals surface area contributed by atoms with Crippen molar-refractivity contribution in [2.45, 2.75) is 19.4 Å². The Balaban J connectivity index is 1.74. The third-order valence-electron chi connectivity index (χ3n) is 5.18. The van der Waals surface area contributed by atoms with Crippen molar-refractivity contribution in [1.82, 2.24) is 29.5 Å². The molecule has 0 fully saturated rings. The largest absolute Gasteiger partial charge is 0.358 e. The summed E-state index contributed by atoms with van der Waals surface area (Å²) in [6.45, 7) is 1.96. The van der Waals surface area contributed by atoms with E-state index in [2.05, 4.69) is 25.3 Å². The van der Waals surface area contributed by atoms with Gasteiger partial charge >= 0.3 is 0 Å². The van der Waals surface area contributed by atoms with Gasteiger partial charge in [-0.05, 0) is 42.8 Å². The normalized spacial score (nSPS) is 12.3. The number of fused-ring (bicyclic) bond motifs is 2. The number of hydrogen-bond acceptors (Lipinski definition) is 6. The number of halogens is 2. The first-order valence-electron chi connectivity index (χ1n) is 9.94. The lowest BCUT2D eigenvalue weighted by Gasteiger charge is -2.22. The fraction of sp³-hybridized carbons (Fsp3) is 0.136. The SMILES string of the molecule is CC[C@H](Nc1ncnc2nc[nH]c12)c1nc2ccc(F)cc2c(=O)n1-c1cccc(Cl)c1. The summed E-state index contributed by atoms with van der Waals surface area (Å²) in [5, 5.41) is 4.00. The van der Waals surface area contributed by atoms with E-state index in [0.717, 1.165) is 0 Å². The molecule has 2 aromatic carbocycles. The van der Waals surface area contributed by atoms with E-state index < -0.39 is 11.9 Å². The molecule has 2 N–H and O–H groups in total. The smallest absolute Gasteiger partial charge is 0.266 e. The van der Waals surface area contributed by atoms with Gasteiger partial charge in [-0.25, -0.2) is 24.3 Å². The molecule has 0 aliphatic carbocycles. The van der Waals surface area contributed by atoms with Gasteiger partial charge in [-0.3, -0.25) is 9.36 Å². The lowest BCUT2D eigenvalue weighted by Crippen LogP contribution is -2.28. The highest BCUT2D eigenvalue weighted by Gasteiger charge is 2.22. The molecule has 0 aliphatic rings. The molecule has 0 spiro atoms. The molecular formula is C22H17ClFN7O. The number of hydrogen-bond donors (Lipinski definition) is 2. The minimum Gasteiger partial charge on any atom is -0.358 e. The van der Waals surface area contributed by atoms with Crippen LogP contribution in [0.15, 0.2) is 59.9 Å². The van der Waals surface area contributed by atoms with Crippen molar-refractivity contribution in [2.75, 3.05) is 5.32 Å². The molecule has 32 heavy (non-hydrogen) atoms. The van der Waals surface area contributed by atoms with Crippen LogP contribution in [0.1, 0.15) is 25.2 Å². The number of anilines is 1. The predicted molar refractivity (Wildman–Crippen MR) is 121 cm³/mol. The number of aromatic nitrogens is 6. The predicted octanol–water partition coefficient (Wildman–Crippen LogP) is 4.41. The molecule has 0 radical (unpaired) electrons. The maximum Gasteiger partial charge on any atom is 0.266 e. The summed E-state index contributed by atoms with van der Waals surface area (Å²) in [5.74, 6) is 0.477. The molecule has 0 aliphatic heterocycles. The highest BCUT2D eigenvalue weighted by Crippen LogP contribution is 2.26. The summed E-state index contributed by atoms with van der Waals surface area (Å²) in [6.07, 6.45) is 3.54. The van der Waals surface area contributed by atoms with E-state index >= 15 is 0 Å². The Kier molecular flexibility index (Phi) is 5.02. The van der Waals surface area contributed by atoms with E-state index in [1.165, 1.54) is 35.4 Å². The van der Waals surface area contributed by atoms with Gasteiger partial charge in [0.1, 0.15) is 23.5 Å². The number of H-pyrrole nitrogens is 1. The van der Waals surface area contributed by atoms with E-state index in [9.17, 15) is 9.18 Å². The van der Waals surface area contributed by atoms with Gasteiger partial charge in [0.25, 0.3) is 5.56 Å². The lowest BCUT2D eigenvalue weighted by atomic mass is 10.1. The van der Waals surface area contributed by atoms with E-state index in [4.69, 9.17) is 16.6 Å². The number of rotatable bonds is 5. The summed E-state index contributed by atoms with van der Waals surface area (Å²) in [7, 11) is 0. The van der Waals surface area contributed by atoms with Crippen LogP contribution in [-0.4, -0.2) is 29.5 Å². The maximum absolute atomic E-state index is 13.9. The van der Waals surface area contributed by atoms with Gasteiger partial charge in [0.2, 0.25) is 0 Å². The zero-order valence-electron chi connectivity index (χ0n) is 16.9. The van der Waals surface area contributed by atoms with Crippen LogP contribution in [0.2, 0.25) is 5.02 Å². The Labute approximate surface area is 186 Å². The molecule has 5 aromatic rings. The zero-order chi connectivity index (χ0) is 22.2. The number of nitrogens with zero attached hydrogens (tertiary/aromatic N) is 5. The van der Waals surface area contributed by atoms with Gasteiger partial charge in [0.15, 0.2) is 11.5 Å². The topological polar surface area (TPSA) is 101 Å². The van der Waals surface area contributed by atoms with Crippen LogP contribution in [0.25, 0.3) is 27.8 Å². The van der Waals surface area contributed by atoms with Crippen molar-refractivity contribution < 1.29 is 4.39 Å². The van der Waals surface area contributed by atoms with Crippen LogP contribution < -0.4 is 10.9 Å². The van der Waals surface area contributed by atoms with Crippen LogP contribution in [-0.2, 0) is 0 Å². The fourth-order valence-electron chi connectivity index (χ4n) is 3.66. The third kappa shape index (κ3) is 3.46. The molecule has 8 nitrogen and oxygen atoms in total. The fourth-order valence-corrected chi connectivity index (χ4v) is 3.85. The molecule has 10 heteroatoms. The van der Waals surface area contributed by atoms with Gasteiger partial charge in [0, 0.05) is 5.02 Å². The molecule has 3 heterocycles. The lowest BCUT2D eigenvalue weighted by molar-refractivity contribution is 0.628. The highest BCUT2D eigenvalue weighted by atomic mass is 35.5. The van der Waals surface area contributed by atoms with Gasteiger partial charge in [-0.1, -0.05) is 24.6 Å². The van der Waals surface area contributed by atoms with Crippen molar-refractivity contribution in [3.8, 4) is 5.69 Å². The number of imidazole rings is 1. The first-order valence-corrected chi connectivity index (χ1v) is 10.3. The first-order chi connectivity index (χ1) is 15.5. The van der Waals surface area contributed by atoms with Crippen molar-refractivity contribution in [3.05, 3.63) is 82.1 Å². The Bertz CT molecular complexity index is 1510. The summed E-state index contributed by atoms with van der Waals surface area (Å²) >= 11 is 6.20. The van der Waals surface area contributed by atoms with Crippen LogP contribution in [0, 0.1) is 5.82 Å². The first kappa shape index (κ1) is 20.1. The van der Waals surface area contributed by atoms with Gasteiger partial charge in [-0.2, -0.15) is 0 Å². The molecule has 0 unspecified atom stereocenters. The number of benzene rings is 2. The van der Waals surface area contributed by atoms with Crippen LogP contribution in [0.4, 0.5) is 10.2 Å². The second-order valence-electron chi connectivity index (χ2n) is 7.18. The second kappa shape index (κ2) is 8.01. The monoisotopic (exact) mass is 449 g/mol. The minimum atomic E-state index is -0.505. The average Bonchev–Trinajstić information content (AvgIpc) is 3.27. The molecule has 160 valence electrons. The van der Waals surface area contributed by atoms with Crippen molar-refractivity contribution >= 4 is 39.5 Å².